The molecule has 9 heteroatoms. The van der Waals surface area contributed by atoms with Gasteiger partial charge in [0.25, 0.3) is 11.9 Å². The van der Waals surface area contributed by atoms with Crippen LogP contribution < -0.4 is 0 Å². The number of rotatable bonds is 3. The predicted octanol–water partition coefficient (Wildman–Crippen LogP) is 6.84. The van der Waals surface area contributed by atoms with Crippen LogP contribution in [0.3, 0.4) is 0 Å². The quantitative estimate of drug-likeness (QED) is 0.405. The molecule has 0 heterocycles. The molecule has 0 aromatic rings. The highest BCUT2D eigenvalue weighted by Crippen LogP contribution is 2.29. The van der Waals surface area contributed by atoms with Gasteiger partial charge in [-0.3, -0.25) is 0 Å². The van der Waals surface area contributed by atoms with Gasteiger partial charge in [0, 0.05) is 6.42 Å². The van der Waals surface area contributed by atoms with Gasteiger partial charge in [-0.05, 0) is 19.9 Å². The first kappa shape index (κ1) is 32.3. The monoisotopic (exact) mass is 344 g/mol. The minimum Gasteiger partial charge on any atom is -0.300 e. The summed E-state index contributed by atoms with van der Waals surface area (Å²) < 4.78 is 85.1. The van der Waals surface area contributed by atoms with Crippen LogP contribution in [0.1, 0.15) is 34.6 Å². The topological polar surface area (TPSA) is 17.1 Å². The van der Waals surface area contributed by atoms with E-state index >= 15 is 0 Å². The van der Waals surface area contributed by atoms with E-state index in [1.807, 2.05) is 0 Å². The van der Waals surface area contributed by atoms with Gasteiger partial charge in [0.1, 0.15) is 5.78 Å². The van der Waals surface area contributed by atoms with Gasteiger partial charge in [-0.1, -0.05) is 20.9 Å². The summed E-state index contributed by atoms with van der Waals surface area (Å²) in [5, 5.41) is 0. The number of carbonyl (C=O) groups is 1. The second-order valence-corrected chi connectivity index (χ2v) is 2.94. The maximum absolute atomic E-state index is 11.0. The van der Waals surface area contributed by atoms with Gasteiger partial charge in [0.15, 0.2) is 0 Å². The van der Waals surface area contributed by atoms with E-state index in [4.69, 9.17) is 0 Å². The fourth-order valence-corrected chi connectivity index (χ4v) is 0.412. The normalized spacial score (nSPS) is 8.41. The van der Waals surface area contributed by atoms with Crippen molar-refractivity contribution in [2.24, 2.45) is 0 Å². The lowest BCUT2D eigenvalue weighted by atomic mass is 10.2. The molecule has 0 atom stereocenters. The molecule has 0 rings (SSSR count). The standard InChI is InChI=1S/C6H10O.C3F6.C2H2F2.2CH4/c1-3-4-5-6(2)7;4-1(2(5)6)3(7,8)9;1-2(3)4;;/h3H,1,4-5H2,2H3;;1H2;2*1H4. The van der Waals surface area contributed by atoms with Crippen molar-refractivity contribution in [3.63, 3.8) is 0 Å². The van der Waals surface area contributed by atoms with Crippen molar-refractivity contribution in [3.8, 4) is 0 Å². The Balaban J connectivity index is -0.0000000670. The molecule has 0 aliphatic carbocycles. The Bertz CT molecular complexity index is 336. The van der Waals surface area contributed by atoms with Gasteiger partial charge < -0.3 is 4.79 Å². The lowest BCUT2D eigenvalue weighted by molar-refractivity contribution is -0.117. The Morgan fingerprint density at radius 2 is 1.36 bits per heavy atom. The van der Waals surface area contributed by atoms with Crippen molar-refractivity contribution in [2.45, 2.75) is 40.8 Å². The summed E-state index contributed by atoms with van der Waals surface area (Å²) in [4.78, 5) is 10.2. The van der Waals surface area contributed by atoms with E-state index in [0.717, 1.165) is 6.42 Å². The third kappa shape index (κ3) is 36.2. The summed E-state index contributed by atoms with van der Waals surface area (Å²) in [5.41, 5.74) is 0. The Hall–Kier alpha value is -1.67. The molecule has 0 saturated heterocycles. The molecule has 0 aromatic heterocycles. The smallest absolute Gasteiger partial charge is 0.300 e. The largest absolute Gasteiger partial charge is 0.448 e. The molecule has 0 N–H and O–H groups in total. The molecule has 0 spiro atoms. The molecular weight excluding hydrogens is 324 g/mol. The molecule has 0 saturated carbocycles. The van der Waals surface area contributed by atoms with Crippen LogP contribution in [0.4, 0.5) is 35.1 Å². The molecule has 0 fully saturated rings. The average molecular weight is 344 g/mol. The maximum Gasteiger partial charge on any atom is 0.448 e. The number of carbonyl (C=O) groups excluding carboxylic acids is 1. The minimum absolute atomic E-state index is 0. The van der Waals surface area contributed by atoms with Gasteiger partial charge in [0.05, 0.1) is 0 Å². The van der Waals surface area contributed by atoms with Crippen molar-refractivity contribution in [2.75, 3.05) is 0 Å². The molecule has 0 aliphatic rings. The van der Waals surface area contributed by atoms with Gasteiger partial charge >= 0.3 is 12.3 Å². The number of Topliss-reactive ketones (excluding diaryl/α,β-unsaturated/α-hetero) is 1. The molecule has 0 radical (unpaired) electrons. The molecule has 0 aromatic carbocycles. The van der Waals surface area contributed by atoms with Crippen molar-refractivity contribution >= 4 is 5.78 Å². The number of halogens is 8. The molecule has 0 bridgehead atoms. The van der Waals surface area contributed by atoms with E-state index < -0.39 is 24.2 Å². The van der Waals surface area contributed by atoms with E-state index in [1.165, 1.54) is 0 Å². The van der Waals surface area contributed by atoms with Gasteiger partial charge in [-0.2, -0.15) is 35.1 Å². The summed E-state index contributed by atoms with van der Waals surface area (Å²) >= 11 is 0. The fourth-order valence-electron chi connectivity index (χ4n) is 0.412. The second kappa shape index (κ2) is 17.4. The first-order valence-corrected chi connectivity index (χ1v) is 4.74. The molecule has 1 nitrogen and oxygen atoms in total. The summed E-state index contributed by atoms with van der Waals surface area (Å²) in [6.45, 7) is 7.29. The zero-order chi connectivity index (χ0) is 16.9. The SMILES string of the molecule is C.C.C=C(F)F.C=CCCC(C)=O.FC(F)=C(F)C(F)(F)F. The third-order valence-corrected chi connectivity index (χ3v) is 1.12. The third-order valence-electron chi connectivity index (χ3n) is 1.12. The van der Waals surface area contributed by atoms with Crippen LogP contribution in [0.5, 0.6) is 0 Å². The zero-order valence-corrected chi connectivity index (χ0v) is 10.3. The molecule has 22 heavy (non-hydrogen) atoms. The predicted molar refractivity (Wildman–Crippen MR) is 71.3 cm³/mol. The molecule has 0 aliphatic heterocycles. The average Bonchev–Trinajstić information content (AvgIpc) is 2.23. The van der Waals surface area contributed by atoms with Crippen LogP contribution in [-0.2, 0) is 4.79 Å². The van der Waals surface area contributed by atoms with Crippen LogP contribution >= 0.6 is 0 Å². The molecule has 0 unspecified atom stereocenters. The number of allylic oxidation sites excluding steroid dienone is 2. The van der Waals surface area contributed by atoms with Crippen LogP contribution in [0.2, 0.25) is 0 Å². The molecule has 0 amide bonds. The number of hydrogen-bond donors (Lipinski definition) is 0. The Morgan fingerprint density at radius 3 is 1.41 bits per heavy atom. The lowest BCUT2D eigenvalue weighted by Gasteiger charge is -1.98. The number of ketones is 1. The van der Waals surface area contributed by atoms with Crippen molar-refractivity contribution in [1.82, 2.24) is 0 Å². The Labute approximate surface area is 125 Å². The highest BCUT2D eigenvalue weighted by molar-refractivity contribution is 5.75. The molecular formula is C13H20F8O. The second-order valence-electron chi connectivity index (χ2n) is 2.94. The van der Waals surface area contributed by atoms with E-state index in [9.17, 15) is 39.9 Å². The fraction of sp³-hybridized carbons (Fsp3) is 0.462. The highest BCUT2D eigenvalue weighted by atomic mass is 19.4. The van der Waals surface area contributed by atoms with Crippen molar-refractivity contribution < 1.29 is 39.9 Å². The Morgan fingerprint density at radius 1 is 1.05 bits per heavy atom. The van der Waals surface area contributed by atoms with Gasteiger partial charge in [-0.15, -0.1) is 6.58 Å². The van der Waals surface area contributed by atoms with Gasteiger partial charge in [0.2, 0.25) is 0 Å². The number of hydrogen-bond acceptors (Lipinski definition) is 1. The van der Waals surface area contributed by atoms with Crippen molar-refractivity contribution in [1.29, 1.82) is 0 Å². The van der Waals surface area contributed by atoms with Crippen molar-refractivity contribution in [3.05, 3.63) is 37.2 Å². The summed E-state index contributed by atoms with van der Waals surface area (Å²) in [7, 11) is 0. The summed E-state index contributed by atoms with van der Waals surface area (Å²) in [6, 6.07) is 0. The minimum atomic E-state index is -5.56. The highest BCUT2D eigenvalue weighted by Gasteiger charge is 2.38. The van der Waals surface area contributed by atoms with E-state index in [0.29, 0.717) is 6.42 Å². The van der Waals surface area contributed by atoms with E-state index in [2.05, 4.69) is 13.2 Å². The lowest BCUT2D eigenvalue weighted by Crippen LogP contribution is -2.08. The van der Waals surface area contributed by atoms with Crippen LogP contribution in [-0.4, -0.2) is 12.0 Å². The van der Waals surface area contributed by atoms with Crippen LogP contribution in [0.15, 0.2) is 37.2 Å². The van der Waals surface area contributed by atoms with Gasteiger partial charge in [-0.25, -0.2) is 0 Å². The van der Waals surface area contributed by atoms with Crippen LogP contribution in [0.25, 0.3) is 0 Å². The van der Waals surface area contributed by atoms with E-state index in [1.54, 1.807) is 13.0 Å². The maximum atomic E-state index is 11.0. The number of alkyl halides is 3. The summed E-state index contributed by atoms with van der Waals surface area (Å²) in [5.74, 6) is -3.10. The van der Waals surface area contributed by atoms with Crippen LogP contribution in [0, 0.1) is 0 Å². The first-order valence-electron chi connectivity index (χ1n) is 4.74. The first-order chi connectivity index (χ1) is 8.86. The van der Waals surface area contributed by atoms with E-state index in [-0.39, 0.29) is 20.6 Å². The summed E-state index contributed by atoms with van der Waals surface area (Å²) in [6.07, 6.45) is -7.53. The Kier molecular flexibility index (Phi) is 25.5. The zero-order valence-electron chi connectivity index (χ0n) is 10.3. The molecule has 134 valence electrons.